The highest BCUT2D eigenvalue weighted by atomic mass is 16.6. The lowest BCUT2D eigenvalue weighted by molar-refractivity contribution is -0.394. The summed E-state index contributed by atoms with van der Waals surface area (Å²) in [5, 5.41) is 20.8. The van der Waals surface area contributed by atoms with E-state index in [1.165, 1.54) is 4.80 Å². The van der Waals surface area contributed by atoms with Crippen LogP contribution in [-0.2, 0) is 11.4 Å². The van der Waals surface area contributed by atoms with Crippen molar-refractivity contribution in [2.75, 3.05) is 26.3 Å². The Morgan fingerprint density at radius 3 is 2.80 bits per heavy atom. The van der Waals surface area contributed by atoms with Crippen LogP contribution in [0.3, 0.4) is 0 Å². The van der Waals surface area contributed by atoms with Gasteiger partial charge in [0.2, 0.25) is 0 Å². The first-order valence-electron chi connectivity index (χ1n) is 4.48. The fourth-order valence-corrected chi connectivity index (χ4v) is 1.29. The molecule has 15 heavy (non-hydrogen) atoms. The van der Waals surface area contributed by atoms with Gasteiger partial charge in [-0.2, -0.15) is 0 Å². The summed E-state index contributed by atoms with van der Waals surface area (Å²) < 4.78 is 5.17. The van der Waals surface area contributed by atoms with Crippen molar-refractivity contribution in [3.63, 3.8) is 0 Å². The molecule has 0 N–H and O–H groups in total. The quantitative estimate of drug-likeness (QED) is 0.463. The van der Waals surface area contributed by atoms with E-state index in [2.05, 4.69) is 15.4 Å². The van der Waals surface area contributed by atoms with Crippen LogP contribution >= 0.6 is 0 Å². The lowest BCUT2D eigenvalue weighted by Gasteiger charge is -2.24. The van der Waals surface area contributed by atoms with Crippen LogP contribution in [0.15, 0.2) is 0 Å². The second-order valence-corrected chi connectivity index (χ2v) is 3.09. The van der Waals surface area contributed by atoms with Gasteiger partial charge in [-0.05, 0) is 4.92 Å². The largest absolute Gasteiger partial charge is 0.514 e. The van der Waals surface area contributed by atoms with Crippen LogP contribution in [0.25, 0.3) is 0 Å². The van der Waals surface area contributed by atoms with E-state index >= 15 is 0 Å². The zero-order chi connectivity index (χ0) is 10.7. The van der Waals surface area contributed by atoms with Crippen LogP contribution in [0.4, 0.5) is 5.95 Å². The van der Waals surface area contributed by atoms with Crippen molar-refractivity contribution in [3.8, 4) is 0 Å². The van der Waals surface area contributed by atoms with Crippen molar-refractivity contribution < 1.29 is 9.66 Å². The molecule has 1 aromatic rings. The molecule has 9 nitrogen and oxygen atoms in total. The summed E-state index contributed by atoms with van der Waals surface area (Å²) in [6.45, 7) is 3.28. The number of ether oxygens (including phenoxy) is 1. The Morgan fingerprint density at radius 2 is 2.20 bits per heavy atom. The van der Waals surface area contributed by atoms with E-state index in [0.29, 0.717) is 19.9 Å². The highest BCUT2D eigenvalue weighted by molar-refractivity contribution is 4.92. The van der Waals surface area contributed by atoms with E-state index < -0.39 is 10.9 Å². The summed E-state index contributed by atoms with van der Waals surface area (Å²) in [6, 6.07) is 0. The minimum atomic E-state index is -0.664. The summed E-state index contributed by atoms with van der Waals surface area (Å²) in [5.41, 5.74) is 0. The first-order chi connectivity index (χ1) is 7.25. The topological polar surface area (TPSA) is 99.2 Å². The van der Waals surface area contributed by atoms with E-state index in [-0.39, 0.29) is 0 Å². The minimum Gasteiger partial charge on any atom is -0.390 e. The van der Waals surface area contributed by atoms with E-state index in [0.717, 1.165) is 13.1 Å². The summed E-state index contributed by atoms with van der Waals surface area (Å²) in [4.78, 5) is 12.9. The lowest BCUT2D eigenvalue weighted by atomic mass is 10.5. The zero-order valence-corrected chi connectivity index (χ0v) is 7.94. The third-order valence-corrected chi connectivity index (χ3v) is 2.04. The summed E-state index contributed by atoms with van der Waals surface area (Å²) in [6.07, 6.45) is 0. The van der Waals surface area contributed by atoms with E-state index in [1.54, 1.807) is 0 Å². The number of aromatic nitrogens is 4. The molecule has 1 aliphatic rings. The Hall–Kier alpha value is -1.61. The van der Waals surface area contributed by atoms with E-state index in [1.807, 2.05) is 4.90 Å². The molecule has 0 saturated carbocycles. The van der Waals surface area contributed by atoms with Crippen molar-refractivity contribution in [1.82, 2.24) is 25.1 Å². The molecular formula is C6H10N6O3. The first-order valence-corrected chi connectivity index (χ1v) is 4.48. The Balaban J connectivity index is 1.94. The molecule has 0 unspecified atom stereocenters. The van der Waals surface area contributed by atoms with Crippen molar-refractivity contribution in [1.29, 1.82) is 0 Å². The predicted molar refractivity (Wildman–Crippen MR) is 46.9 cm³/mol. The highest BCUT2D eigenvalue weighted by Gasteiger charge is 2.18. The maximum absolute atomic E-state index is 10.3. The second-order valence-electron chi connectivity index (χ2n) is 3.09. The first kappa shape index (κ1) is 9.93. The van der Waals surface area contributed by atoms with Crippen LogP contribution in [0.2, 0.25) is 0 Å². The van der Waals surface area contributed by atoms with Gasteiger partial charge in [-0.1, -0.05) is 4.80 Å². The number of rotatable bonds is 3. The van der Waals surface area contributed by atoms with E-state index in [9.17, 15) is 10.1 Å². The monoisotopic (exact) mass is 214 g/mol. The minimum absolute atomic E-state index is 0.407. The second kappa shape index (κ2) is 4.28. The number of hydrogen-bond donors (Lipinski definition) is 0. The average molecular weight is 214 g/mol. The van der Waals surface area contributed by atoms with Gasteiger partial charge in [0.25, 0.3) is 0 Å². The van der Waals surface area contributed by atoms with Crippen molar-refractivity contribution in [2.45, 2.75) is 6.67 Å². The molecule has 2 rings (SSSR count). The summed E-state index contributed by atoms with van der Waals surface area (Å²) in [7, 11) is 0. The fourth-order valence-electron chi connectivity index (χ4n) is 1.29. The Morgan fingerprint density at radius 1 is 1.47 bits per heavy atom. The molecule has 1 aromatic heterocycles. The lowest BCUT2D eigenvalue weighted by Crippen LogP contribution is -2.38. The highest BCUT2D eigenvalue weighted by Crippen LogP contribution is 2.00. The van der Waals surface area contributed by atoms with E-state index in [4.69, 9.17) is 4.74 Å². The van der Waals surface area contributed by atoms with Crippen LogP contribution < -0.4 is 0 Å². The van der Waals surface area contributed by atoms with Gasteiger partial charge in [-0.25, -0.2) is 0 Å². The van der Waals surface area contributed by atoms with Gasteiger partial charge < -0.3 is 14.9 Å². The molecule has 0 aromatic carbocycles. The molecule has 2 heterocycles. The van der Waals surface area contributed by atoms with Gasteiger partial charge in [0.1, 0.15) is 6.67 Å². The molecule has 1 saturated heterocycles. The standard InChI is InChI=1S/C6H10N6O3/c13-12(14)6-7-9-11(8-6)5-10-1-3-15-4-2-10/h1-5H2. The third kappa shape index (κ3) is 2.44. The maximum Gasteiger partial charge on any atom is 0.514 e. The number of nitrogens with zero attached hydrogens (tertiary/aromatic N) is 6. The van der Waals surface area contributed by atoms with Crippen molar-refractivity contribution in [3.05, 3.63) is 10.1 Å². The Labute approximate surface area is 84.8 Å². The van der Waals surface area contributed by atoms with Crippen LogP contribution in [-0.4, -0.2) is 56.3 Å². The molecule has 9 heteroatoms. The van der Waals surface area contributed by atoms with Gasteiger partial charge in [-0.15, -0.1) is 0 Å². The van der Waals surface area contributed by atoms with Gasteiger partial charge in [-0.3, -0.25) is 4.90 Å². The van der Waals surface area contributed by atoms with Crippen LogP contribution in [0.1, 0.15) is 0 Å². The van der Waals surface area contributed by atoms with Gasteiger partial charge >= 0.3 is 5.95 Å². The summed E-state index contributed by atoms with van der Waals surface area (Å²) in [5.74, 6) is -0.469. The molecule has 1 fully saturated rings. The molecule has 0 bridgehead atoms. The zero-order valence-electron chi connectivity index (χ0n) is 7.94. The normalized spacial score (nSPS) is 17.9. The molecule has 82 valence electrons. The van der Waals surface area contributed by atoms with Gasteiger partial charge in [0.15, 0.2) is 0 Å². The molecule has 1 aliphatic heterocycles. The Kier molecular flexibility index (Phi) is 2.83. The number of morpholine rings is 1. The number of hydrogen-bond acceptors (Lipinski definition) is 7. The fraction of sp³-hybridized carbons (Fsp3) is 0.833. The third-order valence-electron chi connectivity index (χ3n) is 2.04. The van der Waals surface area contributed by atoms with Crippen molar-refractivity contribution in [2.24, 2.45) is 0 Å². The molecule has 0 amide bonds. The van der Waals surface area contributed by atoms with Crippen LogP contribution in [0.5, 0.6) is 0 Å². The molecule has 0 radical (unpaired) electrons. The van der Waals surface area contributed by atoms with Gasteiger partial charge in [0.05, 0.1) is 23.4 Å². The molecule has 0 atom stereocenters. The molecule has 0 aliphatic carbocycles. The maximum atomic E-state index is 10.3. The Bertz CT molecular complexity index is 346. The number of tetrazole rings is 1. The number of nitro groups is 1. The van der Waals surface area contributed by atoms with Crippen LogP contribution in [0, 0.1) is 10.1 Å². The van der Waals surface area contributed by atoms with Gasteiger partial charge in [0, 0.05) is 18.3 Å². The summed E-state index contributed by atoms with van der Waals surface area (Å²) >= 11 is 0. The molecule has 0 spiro atoms. The predicted octanol–water partition coefficient (Wildman–Crippen LogP) is -1.13. The smallest absolute Gasteiger partial charge is 0.390 e. The van der Waals surface area contributed by atoms with Crippen molar-refractivity contribution >= 4 is 5.95 Å². The SMILES string of the molecule is O=[N+]([O-])c1nnn(CN2CCOCC2)n1. The molecular weight excluding hydrogens is 204 g/mol. The average Bonchev–Trinajstić information content (AvgIpc) is 2.68.